The maximum absolute atomic E-state index is 12.2. The molecule has 2 aliphatic rings. The first-order chi connectivity index (χ1) is 11.3. The number of nitrogens with zero attached hydrogens (tertiary/aromatic N) is 3. The molecule has 1 aromatic carbocycles. The second-order valence-electron chi connectivity index (χ2n) is 6.28. The Bertz CT molecular complexity index is 729. The highest BCUT2D eigenvalue weighted by Gasteiger charge is 2.36. The van der Waals surface area contributed by atoms with Crippen molar-refractivity contribution >= 4 is 0 Å². The van der Waals surface area contributed by atoms with E-state index in [0.717, 1.165) is 37.3 Å². The molecule has 0 N–H and O–H groups in total. The summed E-state index contributed by atoms with van der Waals surface area (Å²) in [4.78, 5) is 14.6. The molecule has 5 nitrogen and oxygen atoms in total. The Kier molecular flexibility index (Phi) is 3.97. The molecule has 120 valence electrons. The Morgan fingerprint density at radius 2 is 2.00 bits per heavy atom. The number of fused-ring (bicyclic) bond motifs is 1. The summed E-state index contributed by atoms with van der Waals surface area (Å²) in [5.41, 5.74) is 1.81. The first kappa shape index (κ1) is 14.6. The lowest BCUT2D eigenvalue weighted by atomic mass is 10.1. The van der Waals surface area contributed by atoms with Gasteiger partial charge in [0.05, 0.1) is 25.1 Å². The van der Waals surface area contributed by atoms with Crippen LogP contribution in [-0.2, 0) is 11.4 Å². The van der Waals surface area contributed by atoms with Crippen LogP contribution >= 0.6 is 0 Å². The van der Waals surface area contributed by atoms with Crippen molar-refractivity contribution in [1.82, 2.24) is 14.7 Å². The summed E-state index contributed by atoms with van der Waals surface area (Å²) in [5, 5.41) is 4.57. The molecule has 1 aliphatic heterocycles. The number of rotatable bonds is 3. The lowest BCUT2D eigenvalue weighted by molar-refractivity contribution is -0.0686. The molecule has 0 spiro atoms. The van der Waals surface area contributed by atoms with Crippen LogP contribution in [0.1, 0.15) is 19.3 Å². The molecule has 1 aliphatic carbocycles. The number of aromatic nitrogens is 2. The Balaban J connectivity index is 1.60. The third kappa shape index (κ3) is 2.94. The molecular weight excluding hydrogens is 290 g/mol. The smallest absolute Gasteiger partial charge is 0.268 e. The summed E-state index contributed by atoms with van der Waals surface area (Å²) in [5.74, 6) is 0. The van der Waals surface area contributed by atoms with Gasteiger partial charge in [-0.05, 0) is 25.3 Å². The van der Waals surface area contributed by atoms with Crippen molar-refractivity contribution in [3.05, 3.63) is 52.8 Å². The van der Waals surface area contributed by atoms with Crippen molar-refractivity contribution in [2.24, 2.45) is 0 Å². The van der Waals surface area contributed by atoms with Crippen molar-refractivity contribution in [2.75, 3.05) is 13.2 Å². The Morgan fingerprint density at radius 3 is 2.87 bits per heavy atom. The van der Waals surface area contributed by atoms with E-state index in [2.05, 4.69) is 10.00 Å². The van der Waals surface area contributed by atoms with E-state index >= 15 is 0 Å². The van der Waals surface area contributed by atoms with Crippen LogP contribution < -0.4 is 5.56 Å². The fourth-order valence-electron chi connectivity index (χ4n) is 3.67. The number of morpholine rings is 1. The molecule has 0 amide bonds. The van der Waals surface area contributed by atoms with E-state index in [1.807, 2.05) is 30.3 Å². The molecule has 5 heteroatoms. The maximum Gasteiger partial charge on any atom is 0.268 e. The third-order valence-electron chi connectivity index (χ3n) is 4.85. The summed E-state index contributed by atoms with van der Waals surface area (Å²) >= 11 is 0. The van der Waals surface area contributed by atoms with Crippen molar-refractivity contribution < 1.29 is 4.74 Å². The summed E-state index contributed by atoms with van der Waals surface area (Å²) in [7, 11) is 0. The number of hydrogen-bond acceptors (Lipinski definition) is 4. The Labute approximate surface area is 135 Å². The van der Waals surface area contributed by atoms with Crippen LogP contribution in [0.15, 0.2) is 47.3 Å². The van der Waals surface area contributed by atoms with Crippen molar-refractivity contribution in [3.8, 4) is 11.3 Å². The van der Waals surface area contributed by atoms with E-state index in [4.69, 9.17) is 4.74 Å². The van der Waals surface area contributed by atoms with Crippen LogP contribution in [0.4, 0.5) is 0 Å². The van der Waals surface area contributed by atoms with Crippen LogP contribution in [0.25, 0.3) is 11.3 Å². The summed E-state index contributed by atoms with van der Waals surface area (Å²) in [6, 6.07) is 13.8. The average Bonchev–Trinajstić information content (AvgIpc) is 3.07. The molecule has 0 unspecified atom stereocenters. The SMILES string of the molecule is O=c1ccc(-c2ccccc2)nn1CN1CCO[C@@H]2CCC[C@@H]21. The zero-order chi connectivity index (χ0) is 15.6. The summed E-state index contributed by atoms with van der Waals surface area (Å²) in [6.45, 7) is 2.16. The minimum absolute atomic E-state index is 0.0503. The molecule has 2 aromatic rings. The first-order valence-electron chi connectivity index (χ1n) is 8.30. The maximum atomic E-state index is 12.2. The first-order valence-corrected chi connectivity index (χ1v) is 8.30. The number of hydrogen-bond donors (Lipinski definition) is 0. The lowest BCUT2D eigenvalue weighted by Gasteiger charge is -2.37. The van der Waals surface area contributed by atoms with Crippen LogP contribution in [0, 0.1) is 0 Å². The molecule has 1 saturated carbocycles. The van der Waals surface area contributed by atoms with E-state index < -0.39 is 0 Å². The van der Waals surface area contributed by atoms with E-state index in [-0.39, 0.29) is 5.56 Å². The van der Waals surface area contributed by atoms with Crippen LogP contribution in [0.2, 0.25) is 0 Å². The highest BCUT2D eigenvalue weighted by atomic mass is 16.5. The van der Waals surface area contributed by atoms with Crippen LogP contribution in [0.3, 0.4) is 0 Å². The average molecular weight is 311 g/mol. The zero-order valence-electron chi connectivity index (χ0n) is 13.1. The normalized spacial score (nSPS) is 24.5. The fourth-order valence-corrected chi connectivity index (χ4v) is 3.67. The van der Waals surface area contributed by atoms with Gasteiger partial charge in [-0.15, -0.1) is 0 Å². The minimum Gasteiger partial charge on any atom is -0.375 e. The summed E-state index contributed by atoms with van der Waals surface area (Å²) in [6.07, 6.45) is 3.82. The van der Waals surface area contributed by atoms with Crippen LogP contribution in [-0.4, -0.2) is 40.0 Å². The number of ether oxygens (including phenoxy) is 1. The largest absolute Gasteiger partial charge is 0.375 e. The van der Waals surface area contributed by atoms with E-state index in [9.17, 15) is 4.79 Å². The van der Waals surface area contributed by atoms with Gasteiger partial charge in [0.1, 0.15) is 0 Å². The Hall–Kier alpha value is -1.98. The van der Waals surface area contributed by atoms with Crippen molar-refractivity contribution in [2.45, 2.75) is 38.1 Å². The highest BCUT2D eigenvalue weighted by Crippen LogP contribution is 2.29. The molecule has 0 bridgehead atoms. The predicted molar refractivity (Wildman–Crippen MR) is 88.0 cm³/mol. The van der Waals surface area contributed by atoms with Gasteiger partial charge >= 0.3 is 0 Å². The second kappa shape index (κ2) is 6.26. The zero-order valence-corrected chi connectivity index (χ0v) is 13.1. The molecule has 2 fully saturated rings. The van der Waals surface area contributed by atoms with Gasteiger partial charge in [-0.3, -0.25) is 9.69 Å². The van der Waals surface area contributed by atoms with Crippen molar-refractivity contribution in [1.29, 1.82) is 0 Å². The van der Waals surface area contributed by atoms with Gasteiger partial charge < -0.3 is 4.74 Å². The van der Waals surface area contributed by atoms with E-state index in [0.29, 0.717) is 18.8 Å². The monoisotopic (exact) mass is 311 g/mol. The van der Waals surface area contributed by atoms with Gasteiger partial charge in [0.2, 0.25) is 0 Å². The molecule has 1 aromatic heterocycles. The fraction of sp³-hybridized carbons (Fsp3) is 0.444. The standard InChI is InChI=1S/C18H21N3O2/c22-18-10-9-15(14-5-2-1-3-6-14)19-21(18)13-20-11-12-23-17-8-4-7-16(17)20/h1-3,5-6,9-10,16-17H,4,7-8,11-13H2/t16-,17+/m0/s1. The molecule has 23 heavy (non-hydrogen) atoms. The van der Waals surface area contributed by atoms with Crippen molar-refractivity contribution in [3.63, 3.8) is 0 Å². The highest BCUT2D eigenvalue weighted by molar-refractivity contribution is 5.57. The Morgan fingerprint density at radius 1 is 1.13 bits per heavy atom. The van der Waals surface area contributed by atoms with Gasteiger partial charge in [-0.2, -0.15) is 5.10 Å². The second-order valence-corrected chi connectivity index (χ2v) is 6.28. The molecule has 0 radical (unpaired) electrons. The molecule has 4 rings (SSSR count). The topological polar surface area (TPSA) is 47.4 Å². The van der Waals surface area contributed by atoms with Crippen LogP contribution in [0.5, 0.6) is 0 Å². The van der Waals surface area contributed by atoms with Gasteiger partial charge in [-0.25, -0.2) is 4.68 Å². The minimum atomic E-state index is -0.0503. The summed E-state index contributed by atoms with van der Waals surface area (Å²) < 4.78 is 7.43. The molecular formula is C18H21N3O2. The predicted octanol–water partition coefficient (Wildman–Crippen LogP) is 2.12. The van der Waals surface area contributed by atoms with E-state index in [1.165, 1.54) is 6.42 Å². The quantitative estimate of drug-likeness (QED) is 0.871. The number of benzene rings is 1. The lowest BCUT2D eigenvalue weighted by Crippen LogP contribution is -2.50. The van der Waals surface area contributed by atoms with Gasteiger partial charge in [0.25, 0.3) is 5.56 Å². The molecule has 2 atom stereocenters. The molecule has 1 saturated heterocycles. The van der Waals surface area contributed by atoms with Gasteiger partial charge in [0, 0.05) is 24.2 Å². The third-order valence-corrected chi connectivity index (χ3v) is 4.85. The van der Waals surface area contributed by atoms with E-state index in [1.54, 1.807) is 16.8 Å². The molecule has 2 heterocycles. The van der Waals surface area contributed by atoms with Gasteiger partial charge in [0.15, 0.2) is 0 Å². The van der Waals surface area contributed by atoms with Gasteiger partial charge in [-0.1, -0.05) is 30.3 Å².